The van der Waals surface area contributed by atoms with E-state index in [1.54, 1.807) is 12.1 Å². The molecule has 1 aliphatic rings. The number of rotatable bonds is 3. The van der Waals surface area contributed by atoms with Gasteiger partial charge < -0.3 is 5.11 Å². The van der Waals surface area contributed by atoms with E-state index in [1.807, 2.05) is 13.0 Å². The molecule has 1 aromatic rings. The van der Waals surface area contributed by atoms with Gasteiger partial charge in [0.1, 0.15) is 0 Å². The number of carboxylic acids is 1. The van der Waals surface area contributed by atoms with Gasteiger partial charge in [0, 0.05) is 19.1 Å². The van der Waals surface area contributed by atoms with Crippen LogP contribution in [0.5, 0.6) is 0 Å². The van der Waals surface area contributed by atoms with Crippen LogP contribution in [-0.2, 0) is 6.54 Å². The molecule has 20 heavy (non-hydrogen) atoms. The molecular weight excluding hydrogens is 250 g/mol. The van der Waals surface area contributed by atoms with Crippen molar-refractivity contribution >= 4 is 5.97 Å². The van der Waals surface area contributed by atoms with E-state index in [-0.39, 0.29) is 0 Å². The van der Waals surface area contributed by atoms with E-state index >= 15 is 0 Å². The van der Waals surface area contributed by atoms with Crippen molar-refractivity contribution < 1.29 is 9.90 Å². The van der Waals surface area contributed by atoms with Crippen LogP contribution in [0.2, 0.25) is 0 Å². The monoisotopic (exact) mass is 275 g/mol. The van der Waals surface area contributed by atoms with Crippen LogP contribution in [0, 0.1) is 18.8 Å². The third-order valence-corrected chi connectivity index (χ3v) is 4.68. The average molecular weight is 275 g/mol. The Bertz CT molecular complexity index is 498. The Morgan fingerprint density at radius 2 is 2.05 bits per heavy atom. The Hall–Kier alpha value is -1.35. The summed E-state index contributed by atoms with van der Waals surface area (Å²) in [4.78, 5) is 13.5. The summed E-state index contributed by atoms with van der Waals surface area (Å²) in [5.74, 6) is 0.602. The smallest absolute Gasteiger partial charge is 0.335 e. The van der Waals surface area contributed by atoms with Gasteiger partial charge in [-0.05, 0) is 55.4 Å². The topological polar surface area (TPSA) is 40.5 Å². The Kier molecular flexibility index (Phi) is 4.48. The Morgan fingerprint density at radius 3 is 2.65 bits per heavy atom. The number of likely N-dealkylation sites (tertiary alicyclic amines) is 1. The minimum Gasteiger partial charge on any atom is -0.478 e. The van der Waals surface area contributed by atoms with Gasteiger partial charge in [0.05, 0.1) is 5.56 Å². The third kappa shape index (κ3) is 3.21. The third-order valence-electron chi connectivity index (χ3n) is 4.68. The van der Waals surface area contributed by atoms with Crippen molar-refractivity contribution in [2.45, 2.75) is 46.7 Å². The summed E-state index contributed by atoms with van der Waals surface area (Å²) in [7, 11) is 0. The zero-order valence-electron chi connectivity index (χ0n) is 12.9. The number of hydrogen-bond donors (Lipinski definition) is 1. The van der Waals surface area contributed by atoms with E-state index in [9.17, 15) is 4.79 Å². The highest BCUT2D eigenvalue weighted by Gasteiger charge is 2.28. The van der Waals surface area contributed by atoms with E-state index in [4.69, 9.17) is 5.11 Å². The van der Waals surface area contributed by atoms with E-state index in [2.05, 4.69) is 25.7 Å². The molecule has 1 saturated heterocycles. The lowest BCUT2D eigenvalue weighted by molar-refractivity contribution is 0.0695. The predicted molar refractivity (Wildman–Crippen MR) is 81.0 cm³/mol. The minimum atomic E-state index is -0.853. The molecule has 1 aliphatic heterocycles. The fraction of sp³-hybridized carbons (Fsp3) is 0.588. The number of benzene rings is 1. The van der Waals surface area contributed by atoms with Crippen LogP contribution >= 0.6 is 0 Å². The van der Waals surface area contributed by atoms with Crippen LogP contribution in [0.15, 0.2) is 18.2 Å². The van der Waals surface area contributed by atoms with Crippen LogP contribution in [0.4, 0.5) is 0 Å². The van der Waals surface area contributed by atoms with Gasteiger partial charge in [-0.2, -0.15) is 0 Å². The molecule has 0 amide bonds. The summed E-state index contributed by atoms with van der Waals surface area (Å²) >= 11 is 0. The second-order valence-electron chi connectivity index (χ2n) is 6.43. The van der Waals surface area contributed by atoms with Gasteiger partial charge in [-0.15, -0.1) is 0 Å². The summed E-state index contributed by atoms with van der Waals surface area (Å²) in [6.45, 7) is 11.0. The molecule has 0 spiro atoms. The van der Waals surface area contributed by atoms with Gasteiger partial charge in [-0.25, -0.2) is 4.79 Å². The van der Waals surface area contributed by atoms with E-state index in [0.717, 1.165) is 30.5 Å². The second kappa shape index (κ2) is 5.96. The molecule has 0 bridgehead atoms. The number of piperidine rings is 1. The summed E-state index contributed by atoms with van der Waals surface area (Å²) in [5.41, 5.74) is 2.69. The van der Waals surface area contributed by atoms with Crippen LogP contribution in [0.25, 0.3) is 0 Å². The highest BCUT2D eigenvalue weighted by Crippen LogP contribution is 2.28. The molecule has 0 saturated carbocycles. The SMILES string of the molecule is Cc1cc(C(=O)O)ccc1CN1CC(C)CC(C)C1C. The molecule has 3 nitrogen and oxygen atoms in total. The first-order valence-corrected chi connectivity index (χ1v) is 7.45. The molecule has 1 aromatic carbocycles. The lowest BCUT2D eigenvalue weighted by Crippen LogP contribution is -2.45. The molecule has 1 N–H and O–H groups in total. The van der Waals surface area contributed by atoms with Crippen LogP contribution in [0.1, 0.15) is 48.7 Å². The van der Waals surface area contributed by atoms with E-state index < -0.39 is 5.97 Å². The first kappa shape index (κ1) is 15.0. The Morgan fingerprint density at radius 1 is 1.35 bits per heavy atom. The standard InChI is InChI=1S/C17H25NO2/c1-11-7-12(2)14(4)18(9-11)10-16-6-5-15(17(19)20)8-13(16)3/h5-6,8,11-12,14H,7,9-10H2,1-4H3,(H,19,20). The van der Waals surface area contributed by atoms with E-state index in [0.29, 0.717) is 11.6 Å². The molecule has 3 atom stereocenters. The van der Waals surface area contributed by atoms with Gasteiger partial charge in [0.15, 0.2) is 0 Å². The fourth-order valence-corrected chi connectivity index (χ4v) is 3.27. The van der Waals surface area contributed by atoms with Gasteiger partial charge in [0.2, 0.25) is 0 Å². The first-order valence-electron chi connectivity index (χ1n) is 7.45. The van der Waals surface area contributed by atoms with Gasteiger partial charge in [-0.1, -0.05) is 19.9 Å². The number of hydrogen-bond acceptors (Lipinski definition) is 2. The number of aromatic carboxylic acids is 1. The molecular formula is C17H25NO2. The van der Waals surface area contributed by atoms with Crippen molar-refractivity contribution in [2.24, 2.45) is 11.8 Å². The lowest BCUT2D eigenvalue weighted by Gasteiger charge is -2.41. The maximum atomic E-state index is 11.0. The fourth-order valence-electron chi connectivity index (χ4n) is 3.27. The molecule has 0 aliphatic carbocycles. The number of aryl methyl sites for hydroxylation is 1. The van der Waals surface area contributed by atoms with Gasteiger partial charge in [-0.3, -0.25) is 4.90 Å². The van der Waals surface area contributed by atoms with Crippen molar-refractivity contribution in [3.63, 3.8) is 0 Å². The second-order valence-corrected chi connectivity index (χ2v) is 6.43. The highest BCUT2D eigenvalue weighted by atomic mass is 16.4. The quantitative estimate of drug-likeness (QED) is 0.917. The number of carboxylic acid groups (broad SMARTS) is 1. The molecule has 3 unspecified atom stereocenters. The van der Waals surface area contributed by atoms with Gasteiger partial charge >= 0.3 is 5.97 Å². The van der Waals surface area contributed by atoms with Crippen LogP contribution in [-0.4, -0.2) is 28.6 Å². The van der Waals surface area contributed by atoms with E-state index in [1.165, 1.54) is 12.0 Å². The van der Waals surface area contributed by atoms with Crippen molar-refractivity contribution in [3.05, 3.63) is 34.9 Å². The lowest BCUT2D eigenvalue weighted by atomic mass is 9.85. The summed E-state index contributed by atoms with van der Waals surface area (Å²) < 4.78 is 0. The maximum absolute atomic E-state index is 11.0. The molecule has 110 valence electrons. The molecule has 0 aromatic heterocycles. The minimum absolute atomic E-state index is 0.375. The summed E-state index contributed by atoms with van der Waals surface area (Å²) in [6, 6.07) is 6.05. The van der Waals surface area contributed by atoms with Crippen molar-refractivity contribution in [1.82, 2.24) is 4.90 Å². The molecule has 0 radical (unpaired) electrons. The predicted octanol–water partition coefficient (Wildman–Crippen LogP) is 3.56. The first-order chi connectivity index (χ1) is 9.38. The van der Waals surface area contributed by atoms with Crippen LogP contribution in [0.3, 0.4) is 0 Å². The van der Waals surface area contributed by atoms with Gasteiger partial charge in [0.25, 0.3) is 0 Å². The highest BCUT2D eigenvalue weighted by molar-refractivity contribution is 5.87. The Balaban J connectivity index is 2.15. The van der Waals surface area contributed by atoms with Crippen molar-refractivity contribution in [2.75, 3.05) is 6.54 Å². The number of nitrogens with zero attached hydrogens (tertiary/aromatic N) is 1. The molecule has 1 fully saturated rings. The number of carbonyl (C=O) groups is 1. The molecule has 3 heteroatoms. The average Bonchev–Trinajstić information content (AvgIpc) is 2.37. The zero-order valence-corrected chi connectivity index (χ0v) is 12.9. The normalized spacial score (nSPS) is 27.5. The largest absolute Gasteiger partial charge is 0.478 e. The van der Waals surface area contributed by atoms with Crippen molar-refractivity contribution in [3.8, 4) is 0 Å². The zero-order chi connectivity index (χ0) is 14.9. The maximum Gasteiger partial charge on any atom is 0.335 e. The summed E-state index contributed by atoms with van der Waals surface area (Å²) in [5, 5.41) is 9.02. The molecule has 2 rings (SSSR count). The van der Waals surface area contributed by atoms with Crippen molar-refractivity contribution in [1.29, 1.82) is 0 Å². The molecule has 1 heterocycles. The summed E-state index contributed by atoms with van der Waals surface area (Å²) in [6.07, 6.45) is 1.30. The Labute approximate surface area is 121 Å². The van der Waals surface area contributed by atoms with Crippen LogP contribution < -0.4 is 0 Å².